The van der Waals surface area contributed by atoms with Gasteiger partial charge in [-0.15, -0.1) is 0 Å². The monoisotopic (exact) mass is 247 g/mol. The van der Waals surface area contributed by atoms with Crippen molar-refractivity contribution in [2.45, 2.75) is 19.8 Å². The second-order valence-electron chi connectivity index (χ2n) is 4.82. The molecule has 96 valence electrons. The van der Waals surface area contributed by atoms with Crippen LogP contribution >= 0.6 is 0 Å². The third kappa shape index (κ3) is 2.88. The summed E-state index contributed by atoms with van der Waals surface area (Å²) in [6.45, 7) is 2.98. The summed E-state index contributed by atoms with van der Waals surface area (Å²) in [6.07, 6.45) is 0.920. The fraction of sp³-hybridized carbons (Fsp3) is 0.429. The number of nitrogens with zero attached hydrogens (tertiary/aromatic N) is 1. The lowest BCUT2D eigenvalue weighted by molar-refractivity contribution is -0.141. The highest BCUT2D eigenvalue weighted by molar-refractivity contribution is 5.86. The molecule has 1 fully saturated rings. The predicted molar refractivity (Wildman–Crippen MR) is 67.2 cm³/mol. The molecule has 1 aromatic rings. The van der Waals surface area contributed by atoms with Crippen molar-refractivity contribution in [1.82, 2.24) is 4.90 Å². The van der Waals surface area contributed by atoms with Crippen LogP contribution in [0.4, 0.5) is 0 Å². The van der Waals surface area contributed by atoms with Gasteiger partial charge in [0.05, 0.1) is 5.92 Å². The zero-order chi connectivity index (χ0) is 13.1. The van der Waals surface area contributed by atoms with Crippen molar-refractivity contribution < 1.29 is 14.7 Å². The molecule has 0 radical (unpaired) electrons. The molecule has 0 spiro atoms. The van der Waals surface area contributed by atoms with Crippen LogP contribution in [0.1, 0.15) is 17.5 Å². The summed E-state index contributed by atoms with van der Waals surface area (Å²) in [7, 11) is 0. The highest BCUT2D eigenvalue weighted by Gasteiger charge is 2.33. The Kier molecular flexibility index (Phi) is 3.65. The molecule has 0 aliphatic carbocycles. The number of aliphatic carboxylic acids is 1. The zero-order valence-electron chi connectivity index (χ0n) is 10.4. The van der Waals surface area contributed by atoms with Crippen LogP contribution in [0, 0.1) is 12.8 Å². The van der Waals surface area contributed by atoms with E-state index in [0.29, 0.717) is 13.1 Å². The standard InChI is InChI=1S/C14H17NO3/c1-10-3-2-4-11(7-10)5-6-15-9-12(14(17)18)8-13(15)16/h2-4,7,12H,5-6,8-9H2,1H3,(H,17,18)/t12-/m0/s1. The summed E-state index contributed by atoms with van der Waals surface area (Å²) in [5, 5.41) is 8.89. The average molecular weight is 247 g/mol. The second-order valence-corrected chi connectivity index (χ2v) is 4.82. The van der Waals surface area contributed by atoms with Crippen LogP contribution in [0.15, 0.2) is 24.3 Å². The third-order valence-electron chi connectivity index (χ3n) is 3.32. The summed E-state index contributed by atoms with van der Waals surface area (Å²) in [5.41, 5.74) is 2.38. The first kappa shape index (κ1) is 12.6. The maximum Gasteiger partial charge on any atom is 0.308 e. The van der Waals surface area contributed by atoms with Crippen LogP contribution < -0.4 is 0 Å². The lowest BCUT2D eigenvalue weighted by Gasteiger charge is -2.15. The van der Waals surface area contributed by atoms with E-state index in [4.69, 9.17) is 5.11 Å². The predicted octanol–water partition coefficient (Wildman–Crippen LogP) is 1.47. The van der Waals surface area contributed by atoms with E-state index in [1.807, 2.05) is 25.1 Å². The maximum atomic E-state index is 11.6. The van der Waals surface area contributed by atoms with Gasteiger partial charge in [-0.2, -0.15) is 0 Å². The Morgan fingerprint density at radius 2 is 2.28 bits per heavy atom. The van der Waals surface area contributed by atoms with E-state index >= 15 is 0 Å². The number of aryl methyl sites for hydroxylation is 1. The zero-order valence-corrected chi connectivity index (χ0v) is 10.4. The summed E-state index contributed by atoms with van der Waals surface area (Å²) in [6, 6.07) is 8.15. The number of carboxylic acid groups (broad SMARTS) is 1. The van der Waals surface area contributed by atoms with Gasteiger partial charge in [0.1, 0.15) is 0 Å². The Labute approximate surface area is 106 Å². The van der Waals surface area contributed by atoms with Crippen molar-refractivity contribution in [2.24, 2.45) is 5.92 Å². The van der Waals surface area contributed by atoms with Gasteiger partial charge in [0.15, 0.2) is 0 Å². The van der Waals surface area contributed by atoms with Crippen molar-refractivity contribution in [2.75, 3.05) is 13.1 Å². The molecule has 1 amide bonds. The number of carbonyl (C=O) groups is 2. The van der Waals surface area contributed by atoms with Crippen LogP contribution in [0.5, 0.6) is 0 Å². The van der Waals surface area contributed by atoms with E-state index in [0.717, 1.165) is 6.42 Å². The lowest BCUT2D eigenvalue weighted by atomic mass is 10.1. The average Bonchev–Trinajstić information content (AvgIpc) is 2.68. The molecule has 4 nitrogen and oxygen atoms in total. The molecule has 0 aromatic heterocycles. The molecule has 1 aliphatic heterocycles. The SMILES string of the molecule is Cc1cccc(CCN2C[C@@H](C(=O)O)CC2=O)c1. The summed E-state index contributed by atoms with van der Waals surface area (Å²) in [4.78, 5) is 24.1. The molecule has 1 atom stereocenters. The van der Waals surface area contributed by atoms with Crippen molar-refractivity contribution in [3.8, 4) is 0 Å². The molecule has 4 heteroatoms. The number of rotatable bonds is 4. The van der Waals surface area contributed by atoms with Crippen LogP contribution in [-0.2, 0) is 16.0 Å². The number of amides is 1. The summed E-state index contributed by atoms with van der Waals surface area (Å²) < 4.78 is 0. The Hall–Kier alpha value is -1.84. The molecule has 1 aliphatic rings. The van der Waals surface area contributed by atoms with E-state index < -0.39 is 11.9 Å². The Morgan fingerprint density at radius 3 is 2.89 bits per heavy atom. The van der Waals surface area contributed by atoms with E-state index in [1.54, 1.807) is 4.90 Å². The molecule has 0 bridgehead atoms. The van der Waals surface area contributed by atoms with Crippen molar-refractivity contribution in [3.05, 3.63) is 35.4 Å². The molecule has 1 N–H and O–H groups in total. The highest BCUT2D eigenvalue weighted by atomic mass is 16.4. The van der Waals surface area contributed by atoms with Gasteiger partial charge >= 0.3 is 5.97 Å². The van der Waals surface area contributed by atoms with Gasteiger partial charge < -0.3 is 10.0 Å². The van der Waals surface area contributed by atoms with E-state index in [2.05, 4.69) is 6.07 Å². The Bertz CT molecular complexity index is 470. The molecule has 2 rings (SSSR count). The van der Waals surface area contributed by atoms with Crippen LogP contribution in [0.25, 0.3) is 0 Å². The minimum Gasteiger partial charge on any atom is -0.481 e. The van der Waals surface area contributed by atoms with E-state index in [1.165, 1.54) is 11.1 Å². The number of likely N-dealkylation sites (tertiary alicyclic amines) is 1. The van der Waals surface area contributed by atoms with Gasteiger partial charge in [0, 0.05) is 19.5 Å². The molecule has 1 heterocycles. The van der Waals surface area contributed by atoms with E-state index in [9.17, 15) is 9.59 Å². The Morgan fingerprint density at radius 1 is 1.50 bits per heavy atom. The fourth-order valence-corrected chi connectivity index (χ4v) is 2.29. The molecule has 1 saturated heterocycles. The number of carboxylic acids is 1. The first-order chi connectivity index (χ1) is 8.56. The second kappa shape index (κ2) is 5.21. The first-order valence-electron chi connectivity index (χ1n) is 6.12. The van der Waals surface area contributed by atoms with Crippen molar-refractivity contribution in [3.63, 3.8) is 0 Å². The summed E-state index contributed by atoms with van der Waals surface area (Å²) in [5.74, 6) is -1.45. The Balaban J connectivity index is 1.91. The molecule has 0 saturated carbocycles. The topological polar surface area (TPSA) is 57.6 Å². The largest absolute Gasteiger partial charge is 0.481 e. The quantitative estimate of drug-likeness (QED) is 0.876. The number of carbonyl (C=O) groups excluding carboxylic acids is 1. The minimum absolute atomic E-state index is 0.0462. The maximum absolute atomic E-state index is 11.6. The third-order valence-corrected chi connectivity index (χ3v) is 3.32. The van der Waals surface area contributed by atoms with Crippen molar-refractivity contribution >= 4 is 11.9 Å². The highest BCUT2D eigenvalue weighted by Crippen LogP contribution is 2.18. The van der Waals surface area contributed by atoms with E-state index in [-0.39, 0.29) is 12.3 Å². The minimum atomic E-state index is -0.874. The smallest absolute Gasteiger partial charge is 0.308 e. The fourth-order valence-electron chi connectivity index (χ4n) is 2.29. The summed E-state index contributed by atoms with van der Waals surface area (Å²) >= 11 is 0. The number of hydrogen-bond donors (Lipinski definition) is 1. The number of benzene rings is 1. The molecule has 0 unspecified atom stereocenters. The van der Waals surface area contributed by atoms with Crippen LogP contribution in [0.3, 0.4) is 0 Å². The van der Waals surface area contributed by atoms with Gasteiger partial charge in [-0.3, -0.25) is 9.59 Å². The van der Waals surface area contributed by atoms with Crippen LogP contribution in [0.2, 0.25) is 0 Å². The van der Waals surface area contributed by atoms with Crippen LogP contribution in [-0.4, -0.2) is 35.0 Å². The van der Waals surface area contributed by atoms with Gasteiger partial charge in [0.25, 0.3) is 0 Å². The van der Waals surface area contributed by atoms with Gasteiger partial charge in [-0.1, -0.05) is 29.8 Å². The molecular formula is C14H17NO3. The molecular weight excluding hydrogens is 230 g/mol. The lowest BCUT2D eigenvalue weighted by Crippen LogP contribution is -2.28. The van der Waals surface area contributed by atoms with Crippen molar-refractivity contribution in [1.29, 1.82) is 0 Å². The normalized spacial score (nSPS) is 19.3. The number of hydrogen-bond acceptors (Lipinski definition) is 2. The van der Waals surface area contributed by atoms with Gasteiger partial charge in [-0.25, -0.2) is 0 Å². The molecule has 18 heavy (non-hydrogen) atoms. The van der Waals surface area contributed by atoms with Gasteiger partial charge in [-0.05, 0) is 18.9 Å². The molecule has 1 aromatic carbocycles. The first-order valence-corrected chi connectivity index (χ1v) is 6.12. The van der Waals surface area contributed by atoms with Gasteiger partial charge in [0.2, 0.25) is 5.91 Å².